The number of nitrogens with zero attached hydrogens (tertiary/aromatic N) is 2. The van der Waals surface area contributed by atoms with E-state index in [9.17, 15) is 14.7 Å². The van der Waals surface area contributed by atoms with Crippen molar-refractivity contribution in [1.29, 1.82) is 0 Å². The Labute approximate surface area is 231 Å². The lowest BCUT2D eigenvalue weighted by atomic mass is 9.91. The maximum absolute atomic E-state index is 13.1. The number of hydrogen-bond donors (Lipinski definition) is 3. The molecule has 1 fully saturated rings. The fourth-order valence-corrected chi connectivity index (χ4v) is 4.98. The number of fused-ring (bicyclic) bond motifs is 1. The van der Waals surface area contributed by atoms with Crippen LogP contribution in [-0.4, -0.2) is 65.2 Å². The Morgan fingerprint density at radius 2 is 1.92 bits per heavy atom. The van der Waals surface area contributed by atoms with Crippen molar-refractivity contribution in [2.24, 2.45) is 5.92 Å². The summed E-state index contributed by atoms with van der Waals surface area (Å²) in [6.07, 6.45) is 4.25. The van der Waals surface area contributed by atoms with Gasteiger partial charge in [-0.1, -0.05) is 24.3 Å². The normalized spacial score (nSPS) is 18.0. The number of ether oxygens (including phenoxy) is 1. The highest BCUT2D eigenvalue weighted by Gasteiger charge is 2.26. The second-order valence-electron chi connectivity index (χ2n) is 9.50. The van der Waals surface area contributed by atoms with E-state index in [-0.39, 0.29) is 49.2 Å². The Balaban J connectivity index is 0.00000241. The Kier molecular flexibility index (Phi) is 12.1. The van der Waals surface area contributed by atoms with Gasteiger partial charge >= 0.3 is 0 Å². The molecule has 0 spiro atoms. The molecule has 2 aliphatic heterocycles. The summed E-state index contributed by atoms with van der Waals surface area (Å²) in [4.78, 5) is 31.1. The van der Waals surface area contributed by atoms with Gasteiger partial charge in [0.25, 0.3) is 5.91 Å². The summed E-state index contributed by atoms with van der Waals surface area (Å²) < 4.78 is 5.66. The van der Waals surface area contributed by atoms with Crippen molar-refractivity contribution in [3.05, 3.63) is 58.9 Å². The molecule has 0 bridgehead atoms. The van der Waals surface area contributed by atoms with Gasteiger partial charge in [0.05, 0.1) is 24.5 Å². The van der Waals surface area contributed by atoms with Crippen LogP contribution < -0.4 is 15.4 Å². The summed E-state index contributed by atoms with van der Waals surface area (Å²) in [5.74, 6) is 0.712. The zero-order chi connectivity index (χ0) is 24.8. The average Bonchev–Trinajstić information content (AvgIpc) is 2.88. The smallest absolute Gasteiger partial charge is 0.255 e. The van der Waals surface area contributed by atoms with Crippen molar-refractivity contribution >= 4 is 36.6 Å². The van der Waals surface area contributed by atoms with Crippen molar-refractivity contribution in [1.82, 2.24) is 20.5 Å². The largest absolute Gasteiger partial charge is 0.491 e. The molecule has 204 valence electrons. The minimum Gasteiger partial charge on any atom is -0.491 e. The third-order valence-electron chi connectivity index (χ3n) is 7.08. The number of aromatic nitrogens is 1. The summed E-state index contributed by atoms with van der Waals surface area (Å²) in [5.41, 5.74) is 3.75. The predicted molar refractivity (Wildman–Crippen MR) is 148 cm³/mol. The molecular formula is C27H38Cl2N4O4. The van der Waals surface area contributed by atoms with E-state index in [1.807, 2.05) is 24.0 Å². The van der Waals surface area contributed by atoms with Crippen LogP contribution in [0.3, 0.4) is 0 Å². The summed E-state index contributed by atoms with van der Waals surface area (Å²) in [7, 11) is 0. The first kappa shape index (κ1) is 30.8. The summed E-state index contributed by atoms with van der Waals surface area (Å²) in [5, 5.41) is 17.0. The molecule has 2 unspecified atom stereocenters. The molecule has 1 aromatic carbocycles. The van der Waals surface area contributed by atoms with Gasteiger partial charge in [0.15, 0.2) is 0 Å². The van der Waals surface area contributed by atoms with Crippen molar-refractivity contribution in [3.63, 3.8) is 0 Å². The van der Waals surface area contributed by atoms with Crippen molar-refractivity contribution < 1.29 is 19.4 Å². The van der Waals surface area contributed by atoms with E-state index < -0.39 is 6.10 Å². The second kappa shape index (κ2) is 14.5. The molecule has 2 aliphatic rings. The fourth-order valence-electron chi connectivity index (χ4n) is 4.98. The van der Waals surface area contributed by atoms with E-state index in [2.05, 4.69) is 27.8 Å². The Bertz CT molecular complexity index is 1050. The van der Waals surface area contributed by atoms with Crippen LogP contribution in [0.15, 0.2) is 36.5 Å². The molecule has 4 rings (SSSR count). The molecular weight excluding hydrogens is 515 g/mol. The van der Waals surface area contributed by atoms with E-state index in [4.69, 9.17) is 4.74 Å². The molecule has 2 atom stereocenters. The van der Waals surface area contributed by atoms with Crippen LogP contribution in [0.25, 0.3) is 0 Å². The lowest BCUT2D eigenvalue weighted by Gasteiger charge is -2.31. The third kappa shape index (κ3) is 8.04. The van der Waals surface area contributed by atoms with Gasteiger partial charge < -0.3 is 25.4 Å². The van der Waals surface area contributed by atoms with Crippen molar-refractivity contribution in [3.8, 4) is 5.75 Å². The van der Waals surface area contributed by atoms with E-state index in [1.54, 1.807) is 19.2 Å². The van der Waals surface area contributed by atoms with Gasteiger partial charge in [-0.3, -0.25) is 14.6 Å². The SMILES string of the molecule is CCOc1cnc(CC2CCN(C(C)=O)CC2)cc1C(=O)NCC(O)C1Cc2ccccc2CN1.Cl.Cl. The van der Waals surface area contributed by atoms with Crippen molar-refractivity contribution in [2.45, 2.75) is 58.2 Å². The second-order valence-corrected chi connectivity index (χ2v) is 9.50. The monoisotopic (exact) mass is 552 g/mol. The number of likely N-dealkylation sites (tertiary alicyclic amines) is 1. The first-order chi connectivity index (χ1) is 16.9. The molecule has 8 nitrogen and oxygen atoms in total. The first-order valence-corrected chi connectivity index (χ1v) is 12.6. The molecule has 2 amide bonds. The number of piperidine rings is 1. The topological polar surface area (TPSA) is 104 Å². The fraction of sp³-hybridized carbons (Fsp3) is 0.519. The van der Waals surface area contributed by atoms with Crippen LogP contribution in [0.2, 0.25) is 0 Å². The number of carbonyl (C=O) groups is 2. The lowest BCUT2D eigenvalue weighted by molar-refractivity contribution is -0.130. The maximum atomic E-state index is 13.1. The number of aliphatic hydroxyl groups excluding tert-OH is 1. The first-order valence-electron chi connectivity index (χ1n) is 12.6. The van der Waals surface area contributed by atoms with Gasteiger partial charge in [-0.2, -0.15) is 0 Å². The van der Waals surface area contributed by atoms with E-state index in [0.717, 1.165) is 44.5 Å². The van der Waals surface area contributed by atoms with Gasteiger partial charge in [-0.05, 0) is 55.7 Å². The molecule has 1 saturated heterocycles. The highest BCUT2D eigenvalue weighted by molar-refractivity contribution is 5.97. The van der Waals surface area contributed by atoms with Crippen LogP contribution in [-0.2, 0) is 24.2 Å². The number of carbonyl (C=O) groups excluding carboxylic acids is 2. The lowest BCUT2D eigenvalue weighted by Crippen LogP contribution is -2.49. The minimum absolute atomic E-state index is 0. The van der Waals surface area contributed by atoms with E-state index in [1.165, 1.54) is 11.1 Å². The molecule has 0 saturated carbocycles. The Morgan fingerprint density at radius 1 is 1.22 bits per heavy atom. The number of pyridine rings is 1. The molecule has 37 heavy (non-hydrogen) atoms. The predicted octanol–water partition coefficient (Wildman–Crippen LogP) is 2.93. The van der Waals surface area contributed by atoms with E-state index in [0.29, 0.717) is 30.4 Å². The van der Waals surface area contributed by atoms with Gasteiger partial charge in [0.1, 0.15) is 5.75 Å². The standard InChI is InChI=1S/C27H36N4O4.2ClH/c1-3-35-26-17-28-22(12-19-8-10-31(11-9-19)18(2)32)14-23(26)27(34)30-16-25(33)24-13-20-6-4-5-7-21(20)15-29-24;;/h4-7,14,17,19,24-25,29,33H,3,8-13,15-16H2,1-2H3,(H,30,34);2*1H. The number of halogens is 2. The van der Waals surface area contributed by atoms with Crippen LogP contribution in [0, 0.1) is 5.92 Å². The number of rotatable bonds is 8. The summed E-state index contributed by atoms with van der Waals surface area (Å²) in [6, 6.07) is 9.90. The van der Waals surface area contributed by atoms with Gasteiger partial charge in [-0.25, -0.2) is 0 Å². The molecule has 3 heterocycles. The molecule has 0 aliphatic carbocycles. The summed E-state index contributed by atoms with van der Waals surface area (Å²) >= 11 is 0. The van der Waals surface area contributed by atoms with Crippen LogP contribution >= 0.6 is 24.8 Å². The van der Waals surface area contributed by atoms with Gasteiger partial charge in [-0.15, -0.1) is 24.8 Å². The van der Waals surface area contributed by atoms with Crippen LogP contribution in [0.5, 0.6) is 5.75 Å². The molecule has 2 aromatic rings. The van der Waals surface area contributed by atoms with Gasteiger partial charge in [0.2, 0.25) is 5.91 Å². The highest BCUT2D eigenvalue weighted by atomic mass is 35.5. The number of hydrogen-bond acceptors (Lipinski definition) is 6. The number of benzene rings is 1. The zero-order valence-corrected chi connectivity index (χ0v) is 23.1. The molecule has 10 heteroatoms. The molecule has 3 N–H and O–H groups in total. The molecule has 0 radical (unpaired) electrons. The number of amides is 2. The maximum Gasteiger partial charge on any atom is 0.255 e. The quantitative estimate of drug-likeness (QED) is 0.465. The van der Waals surface area contributed by atoms with E-state index >= 15 is 0 Å². The van der Waals surface area contributed by atoms with Crippen molar-refractivity contribution in [2.75, 3.05) is 26.2 Å². The number of nitrogens with one attached hydrogen (secondary N) is 2. The molecule has 1 aromatic heterocycles. The van der Waals surface area contributed by atoms with Gasteiger partial charge in [0, 0.05) is 44.8 Å². The highest BCUT2D eigenvalue weighted by Crippen LogP contribution is 2.24. The average molecular weight is 554 g/mol. The minimum atomic E-state index is -0.712. The number of aliphatic hydroxyl groups is 1. The van der Waals surface area contributed by atoms with Crippen LogP contribution in [0.1, 0.15) is 53.9 Å². The van der Waals surface area contributed by atoms with Crippen LogP contribution in [0.4, 0.5) is 0 Å². The Hall–Kier alpha value is -2.39. The summed E-state index contributed by atoms with van der Waals surface area (Å²) in [6.45, 7) is 6.29. The third-order valence-corrected chi connectivity index (χ3v) is 7.08. The Morgan fingerprint density at radius 3 is 2.59 bits per heavy atom. The zero-order valence-electron chi connectivity index (χ0n) is 21.4.